The van der Waals surface area contributed by atoms with E-state index in [0.717, 1.165) is 11.1 Å². The van der Waals surface area contributed by atoms with Crippen LogP contribution in [0.4, 0.5) is 4.79 Å². The lowest BCUT2D eigenvalue weighted by atomic mass is 10.2. The maximum atomic E-state index is 13.2. The lowest BCUT2D eigenvalue weighted by molar-refractivity contribution is 0.0930. The van der Waals surface area contributed by atoms with E-state index in [9.17, 15) is 13.2 Å². The molecule has 0 bridgehead atoms. The summed E-state index contributed by atoms with van der Waals surface area (Å²) in [5, 5.41) is 0. The van der Waals surface area contributed by atoms with Gasteiger partial charge in [-0.3, -0.25) is 4.90 Å². The average molecular weight is 374 g/mol. The second-order valence-corrected chi connectivity index (χ2v) is 8.00. The van der Waals surface area contributed by atoms with Crippen LogP contribution in [0, 0.1) is 6.92 Å². The zero-order valence-corrected chi connectivity index (χ0v) is 15.6. The zero-order valence-electron chi connectivity index (χ0n) is 14.8. The number of benzene rings is 2. The molecule has 7 heteroatoms. The first-order valence-corrected chi connectivity index (χ1v) is 9.96. The first kappa shape index (κ1) is 18.4. The lowest BCUT2D eigenvalue weighted by Gasteiger charge is -2.29. The number of hydrogen-bond acceptors (Lipinski definition) is 4. The van der Waals surface area contributed by atoms with Crippen LogP contribution >= 0.6 is 0 Å². The summed E-state index contributed by atoms with van der Waals surface area (Å²) in [7, 11) is -3.75. The van der Waals surface area contributed by atoms with Gasteiger partial charge in [0.05, 0.1) is 11.5 Å². The molecule has 1 heterocycles. The van der Waals surface area contributed by atoms with Crippen LogP contribution in [0.5, 0.6) is 0 Å². The van der Waals surface area contributed by atoms with E-state index in [1.165, 1.54) is 9.21 Å². The zero-order chi connectivity index (χ0) is 18.7. The third-order valence-electron chi connectivity index (χ3n) is 4.36. The van der Waals surface area contributed by atoms with E-state index in [0.29, 0.717) is 0 Å². The molecule has 1 atom stereocenters. The minimum absolute atomic E-state index is 0.217. The molecule has 0 radical (unpaired) electrons. The molecule has 1 saturated heterocycles. The number of nitrogens with zero attached hydrogens (tertiary/aromatic N) is 2. The first-order valence-electron chi connectivity index (χ1n) is 8.52. The van der Waals surface area contributed by atoms with E-state index in [1.807, 2.05) is 37.3 Å². The summed E-state index contributed by atoms with van der Waals surface area (Å²) in [4.78, 5) is 14.0. The van der Waals surface area contributed by atoms with Crippen LogP contribution in [0.15, 0.2) is 59.5 Å². The summed E-state index contributed by atoms with van der Waals surface area (Å²) in [5.41, 5.74) is 1.71. The Hall–Kier alpha value is -2.38. The van der Waals surface area contributed by atoms with E-state index in [1.54, 1.807) is 31.2 Å². The highest BCUT2D eigenvalue weighted by Crippen LogP contribution is 2.35. The molecule has 1 amide bonds. The number of sulfonamides is 1. The molecule has 1 aliphatic heterocycles. The minimum atomic E-state index is -3.75. The van der Waals surface area contributed by atoms with Gasteiger partial charge in [-0.15, -0.1) is 0 Å². The first-order chi connectivity index (χ1) is 12.4. The molecule has 0 spiro atoms. The number of rotatable bonds is 4. The molecule has 138 valence electrons. The fourth-order valence-electron chi connectivity index (χ4n) is 3.07. The van der Waals surface area contributed by atoms with Gasteiger partial charge in [0.15, 0.2) is 0 Å². The van der Waals surface area contributed by atoms with Crippen molar-refractivity contribution in [1.29, 1.82) is 0 Å². The van der Waals surface area contributed by atoms with Gasteiger partial charge in [0.25, 0.3) is 0 Å². The summed E-state index contributed by atoms with van der Waals surface area (Å²) >= 11 is 0. The topological polar surface area (TPSA) is 66.9 Å². The Morgan fingerprint density at radius 2 is 1.73 bits per heavy atom. The second-order valence-electron chi connectivity index (χ2n) is 6.11. The maximum absolute atomic E-state index is 13.2. The molecular weight excluding hydrogens is 352 g/mol. The van der Waals surface area contributed by atoms with Crippen molar-refractivity contribution in [2.45, 2.75) is 24.9 Å². The molecule has 0 aliphatic carbocycles. The third-order valence-corrected chi connectivity index (χ3v) is 6.22. The number of carbonyl (C=O) groups excluding carboxylic acids is 1. The molecule has 26 heavy (non-hydrogen) atoms. The van der Waals surface area contributed by atoms with Crippen LogP contribution in [-0.4, -0.2) is 43.4 Å². The number of amides is 1. The quantitative estimate of drug-likeness (QED) is 0.824. The Morgan fingerprint density at radius 1 is 1.08 bits per heavy atom. The van der Waals surface area contributed by atoms with Crippen molar-refractivity contribution in [3.05, 3.63) is 65.7 Å². The molecule has 0 aromatic heterocycles. The molecule has 6 nitrogen and oxygen atoms in total. The highest BCUT2D eigenvalue weighted by atomic mass is 32.2. The van der Waals surface area contributed by atoms with Gasteiger partial charge in [-0.25, -0.2) is 13.2 Å². The standard InChI is InChI=1S/C19H22N2O4S/c1-3-25-19(22)20-13-14-21(18(20)16-7-5-4-6-8-16)26(23,24)17-11-9-15(2)10-12-17/h4-12,18H,3,13-14H2,1-2H3/t18-/m1/s1. The Morgan fingerprint density at radius 3 is 2.35 bits per heavy atom. The van der Waals surface area contributed by atoms with Gasteiger partial charge in [-0.1, -0.05) is 48.0 Å². The Balaban J connectivity index is 2.02. The van der Waals surface area contributed by atoms with Gasteiger partial charge < -0.3 is 4.74 Å². The Bertz CT molecular complexity index is 866. The maximum Gasteiger partial charge on any atom is 0.411 e. The van der Waals surface area contributed by atoms with Gasteiger partial charge in [0.1, 0.15) is 6.17 Å². The van der Waals surface area contributed by atoms with Crippen LogP contribution in [0.25, 0.3) is 0 Å². The fourth-order valence-corrected chi connectivity index (χ4v) is 4.64. The normalized spacial score (nSPS) is 18.1. The predicted molar refractivity (Wildman–Crippen MR) is 98.0 cm³/mol. The van der Waals surface area contributed by atoms with Crippen molar-refractivity contribution < 1.29 is 17.9 Å². The summed E-state index contributed by atoms with van der Waals surface area (Å²) in [6.07, 6.45) is -1.23. The molecule has 3 rings (SSSR count). The van der Waals surface area contributed by atoms with Crippen molar-refractivity contribution in [2.75, 3.05) is 19.7 Å². The van der Waals surface area contributed by atoms with Crippen molar-refractivity contribution in [1.82, 2.24) is 9.21 Å². The molecule has 1 aliphatic rings. The van der Waals surface area contributed by atoms with Gasteiger partial charge in [0, 0.05) is 13.1 Å². The van der Waals surface area contributed by atoms with Crippen molar-refractivity contribution in [2.24, 2.45) is 0 Å². The van der Waals surface area contributed by atoms with Gasteiger partial charge >= 0.3 is 6.09 Å². The van der Waals surface area contributed by atoms with Crippen LogP contribution in [0.1, 0.15) is 24.2 Å². The predicted octanol–water partition coefficient (Wildman–Crippen LogP) is 3.16. The van der Waals surface area contributed by atoms with E-state index in [4.69, 9.17) is 4.74 Å². The van der Waals surface area contributed by atoms with E-state index < -0.39 is 22.3 Å². The lowest BCUT2D eigenvalue weighted by Crippen LogP contribution is -2.38. The van der Waals surface area contributed by atoms with E-state index in [-0.39, 0.29) is 24.6 Å². The third kappa shape index (κ3) is 3.45. The highest BCUT2D eigenvalue weighted by Gasteiger charge is 2.43. The summed E-state index contributed by atoms with van der Waals surface area (Å²) in [6, 6.07) is 15.9. The molecule has 1 fully saturated rings. The summed E-state index contributed by atoms with van der Waals surface area (Å²) in [6.45, 7) is 4.37. The number of hydrogen-bond donors (Lipinski definition) is 0. The van der Waals surface area contributed by atoms with Crippen molar-refractivity contribution >= 4 is 16.1 Å². The second kappa shape index (κ2) is 7.47. The average Bonchev–Trinajstić information content (AvgIpc) is 3.09. The van der Waals surface area contributed by atoms with Gasteiger partial charge in [-0.2, -0.15) is 4.31 Å². The molecular formula is C19H22N2O4S. The molecule has 0 saturated carbocycles. The monoisotopic (exact) mass is 374 g/mol. The molecule has 2 aromatic rings. The van der Waals surface area contributed by atoms with Crippen LogP contribution < -0.4 is 0 Å². The molecule has 0 unspecified atom stereocenters. The highest BCUT2D eigenvalue weighted by molar-refractivity contribution is 7.89. The molecule has 2 aromatic carbocycles. The van der Waals surface area contributed by atoms with Crippen LogP contribution in [0.3, 0.4) is 0 Å². The van der Waals surface area contributed by atoms with Crippen LogP contribution in [0.2, 0.25) is 0 Å². The van der Waals surface area contributed by atoms with Crippen LogP contribution in [-0.2, 0) is 14.8 Å². The van der Waals surface area contributed by atoms with Crippen molar-refractivity contribution in [3.63, 3.8) is 0 Å². The fraction of sp³-hybridized carbons (Fsp3) is 0.316. The summed E-state index contributed by atoms with van der Waals surface area (Å²) in [5.74, 6) is 0. The smallest absolute Gasteiger partial charge is 0.411 e. The number of carbonyl (C=O) groups is 1. The van der Waals surface area contributed by atoms with E-state index >= 15 is 0 Å². The largest absolute Gasteiger partial charge is 0.450 e. The summed E-state index contributed by atoms with van der Waals surface area (Å²) < 4.78 is 32.9. The molecule has 0 N–H and O–H groups in total. The Labute approximate surface area is 154 Å². The Kier molecular flexibility index (Phi) is 5.29. The number of aryl methyl sites for hydroxylation is 1. The van der Waals surface area contributed by atoms with Gasteiger partial charge in [-0.05, 0) is 31.5 Å². The van der Waals surface area contributed by atoms with Crippen molar-refractivity contribution in [3.8, 4) is 0 Å². The van der Waals surface area contributed by atoms with E-state index in [2.05, 4.69) is 0 Å². The minimum Gasteiger partial charge on any atom is -0.450 e. The SMILES string of the molecule is CCOC(=O)N1CCN(S(=O)(=O)c2ccc(C)cc2)[C@@H]1c1ccccc1. The number of ether oxygens (including phenoxy) is 1. The van der Waals surface area contributed by atoms with Gasteiger partial charge in [0.2, 0.25) is 10.0 Å².